The first-order valence-electron chi connectivity index (χ1n) is 4.41. The minimum atomic E-state index is 1.10. The van der Waals surface area contributed by atoms with Gasteiger partial charge in [0.05, 0.1) is 0 Å². The second-order valence-electron chi connectivity index (χ2n) is 3.03. The molecular formula is C9H16NS2. The fraction of sp³-hybridized carbons (Fsp3) is 0.667. The zero-order valence-corrected chi connectivity index (χ0v) is 9.42. The van der Waals surface area contributed by atoms with Gasteiger partial charge in [0.15, 0.2) is 4.71 Å². The van der Waals surface area contributed by atoms with Gasteiger partial charge in [0.2, 0.25) is 0 Å². The number of hydrogen-bond acceptors (Lipinski definition) is 3. The number of nitrogens with zero attached hydrogens (tertiary/aromatic N) is 1. The molecule has 0 fully saturated rings. The maximum Gasteiger partial charge on any atom is 0.177 e. The topological polar surface area (TPSA) is 3.24 Å². The molecule has 0 aromatic heterocycles. The molecule has 0 saturated carbocycles. The lowest BCUT2D eigenvalue weighted by Crippen LogP contribution is -2.12. The largest absolute Gasteiger partial charge is 0.351 e. The maximum absolute atomic E-state index is 4.35. The Kier molecular flexibility index (Phi) is 4.36. The number of hydrogen-bond donors (Lipinski definition) is 1. The number of rotatable bonds is 4. The molecule has 0 spiro atoms. The summed E-state index contributed by atoms with van der Waals surface area (Å²) < 4.78 is 1.10. The van der Waals surface area contributed by atoms with E-state index in [2.05, 4.69) is 36.9 Å². The Morgan fingerprint density at radius 2 is 2.25 bits per heavy atom. The highest BCUT2D eigenvalue weighted by Gasteiger charge is 2.20. The van der Waals surface area contributed by atoms with Crippen molar-refractivity contribution >= 4 is 24.4 Å². The third-order valence-electron chi connectivity index (χ3n) is 2.05. The molecule has 3 heteroatoms. The Labute approximate surface area is 85.0 Å². The molecule has 12 heavy (non-hydrogen) atoms. The van der Waals surface area contributed by atoms with E-state index >= 15 is 0 Å². The van der Waals surface area contributed by atoms with Gasteiger partial charge in [-0.05, 0) is 18.2 Å². The van der Waals surface area contributed by atoms with Crippen molar-refractivity contribution < 1.29 is 0 Å². The lowest BCUT2D eigenvalue weighted by molar-refractivity contribution is 0.503. The van der Waals surface area contributed by atoms with Gasteiger partial charge in [0.25, 0.3) is 0 Å². The number of thiol groups is 1. The smallest absolute Gasteiger partial charge is 0.177 e. The Bertz CT molecular complexity index is 168. The third-order valence-corrected chi connectivity index (χ3v) is 3.55. The van der Waals surface area contributed by atoms with Crippen LogP contribution in [0.15, 0.2) is 11.1 Å². The minimum Gasteiger partial charge on any atom is -0.351 e. The molecule has 0 N–H and O–H groups in total. The molecule has 0 amide bonds. The average Bonchev–Trinajstić information content (AvgIpc) is 2.36. The van der Waals surface area contributed by atoms with E-state index < -0.39 is 0 Å². The van der Waals surface area contributed by atoms with Crippen molar-refractivity contribution in [2.75, 3.05) is 7.05 Å². The molecule has 1 radical (unpaired) electrons. The first-order chi connectivity index (χ1) is 5.75. The van der Waals surface area contributed by atoms with Crippen LogP contribution in [0.4, 0.5) is 0 Å². The van der Waals surface area contributed by atoms with E-state index in [0.717, 1.165) is 4.71 Å². The summed E-state index contributed by atoms with van der Waals surface area (Å²) in [6.45, 7) is 2.23. The average molecular weight is 202 g/mol. The normalized spacial score (nSPS) is 18.6. The molecule has 1 rings (SSSR count). The van der Waals surface area contributed by atoms with Crippen LogP contribution in [0.3, 0.4) is 0 Å². The Hall–Kier alpha value is 0.240. The number of allylic oxidation sites excluding steroid dienone is 1. The van der Waals surface area contributed by atoms with Gasteiger partial charge in [-0.1, -0.05) is 31.5 Å². The Morgan fingerprint density at radius 3 is 2.75 bits per heavy atom. The molecule has 0 aromatic carbocycles. The first-order valence-corrected chi connectivity index (χ1v) is 5.73. The van der Waals surface area contributed by atoms with E-state index in [1.165, 1.54) is 31.4 Å². The van der Waals surface area contributed by atoms with Crippen LogP contribution < -0.4 is 0 Å². The summed E-state index contributed by atoms with van der Waals surface area (Å²) in [4.78, 5) is 2.17. The van der Waals surface area contributed by atoms with Crippen molar-refractivity contribution in [3.05, 3.63) is 15.8 Å². The molecule has 0 saturated heterocycles. The summed E-state index contributed by atoms with van der Waals surface area (Å²) in [7, 11) is 2.08. The van der Waals surface area contributed by atoms with Crippen LogP contribution >= 0.6 is 24.4 Å². The molecule has 0 aromatic rings. The monoisotopic (exact) mass is 202 g/mol. The van der Waals surface area contributed by atoms with E-state index in [1.807, 2.05) is 0 Å². The third kappa shape index (κ3) is 2.63. The molecule has 0 atom stereocenters. The highest BCUT2D eigenvalue weighted by molar-refractivity contribution is 8.15. The SMILES string of the molecule is CCCCCC1=CS[C](S)N1C. The summed E-state index contributed by atoms with van der Waals surface area (Å²) in [5, 5.41) is 2.21. The fourth-order valence-corrected chi connectivity index (χ4v) is 2.26. The molecule has 69 valence electrons. The fourth-order valence-electron chi connectivity index (χ4n) is 1.18. The second kappa shape index (κ2) is 5.07. The van der Waals surface area contributed by atoms with Gasteiger partial charge in [0.1, 0.15) is 0 Å². The van der Waals surface area contributed by atoms with Crippen molar-refractivity contribution in [1.29, 1.82) is 0 Å². The minimum absolute atomic E-state index is 1.10. The van der Waals surface area contributed by atoms with Crippen LogP contribution in [-0.2, 0) is 0 Å². The van der Waals surface area contributed by atoms with Crippen LogP contribution in [0.2, 0.25) is 0 Å². The summed E-state index contributed by atoms with van der Waals surface area (Å²) >= 11 is 6.06. The van der Waals surface area contributed by atoms with E-state index in [4.69, 9.17) is 0 Å². The van der Waals surface area contributed by atoms with Crippen LogP contribution in [0.5, 0.6) is 0 Å². The quantitative estimate of drug-likeness (QED) is 0.549. The predicted molar refractivity (Wildman–Crippen MR) is 59.8 cm³/mol. The summed E-state index contributed by atoms with van der Waals surface area (Å²) in [5.74, 6) is 0. The highest BCUT2D eigenvalue weighted by Crippen LogP contribution is 2.39. The van der Waals surface area contributed by atoms with Gasteiger partial charge in [-0.2, -0.15) is 0 Å². The second-order valence-corrected chi connectivity index (χ2v) is 4.61. The van der Waals surface area contributed by atoms with Crippen molar-refractivity contribution in [3.63, 3.8) is 0 Å². The lowest BCUT2D eigenvalue weighted by Gasteiger charge is -2.18. The summed E-state index contributed by atoms with van der Waals surface area (Å²) in [6, 6.07) is 0. The summed E-state index contributed by atoms with van der Waals surface area (Å²) in [6.07, 6.45) is 5.12. The van der Waals surface area contributed by atoms with Crippen LogP contribution in [-0.4, -0.2) is 11.9 Å². The molecule has 0 aliphatic carbocycles. The van der Waals surface area contributed by atoms with Gasteiger partial charge in [-0.15, -0.1) is 12.6 Å². The van der Waals surface area contributed by atoms with Crippen molar-refractivity contribution in [2.24, 2.45) is 0 Å². The Morgan fingerprint density at radius 1 is 1.50 bits per heavy atom. The zero-order chi connectivity index (χ0) is 8.97. The predicted octanol–water partition coefficient (Wildman–Crippen LogP) is 3.46. The first kappa shape index (κ1) is 10.3. The lowest BCUT2D eigenvalue weighted by atomic mass is 10.2. The standard InChI is InChI=1S/C9H16NS2/c1-3-4-5-6-8-7-12-9(11)10(8)2/h7,11H,3-6H2,1-2H3. The molecule has 0 bridgehead atoms. The van der Waals surface area contributed by atoms with Crippen molar-refractivity contribution in [1.82, 2.24) is 4.90 Å². The van der Waals surface area contributed by atoms with Gasteiger partial charge in [-0.25, -0.2) is 0 Å². The van der Waals surface area contributed by atoms with E-state index in [9.17, 15) is 0 Å². The number of thioether (sulfide) groups is 1. The zero-order valence-electron chi connectivity index (χ0n) is 7.71. The molecule has 1 nitrogen and oxygen atoms in total. The van der Waals surface area contributed by atoms with Gasteiger partial charge in [0, 0.05) is 12.7 Å². The molecule has 1 heterocycles. The number of unbranched alkanes of at least 4 members (excludes halogenated alkanes) is 2. The maximum atomic E-state index is 4.35. The van der Waals surface area contributed by atoms with Crippen molar-refractivity contribution in [3.8, 4) is 0 Å². The molecular weight excluding hydrogens is 186 g/mol. The van der Waals surface area contributed by atoms with Crippen LogP contribution in [0.25, 0.3) is 0 Å². The van der Waals surface area contributed by atoms with E-state index in [1.54, 1.807) is 11.8 Å². The summed E-state index contributed by atoms with van der Waals surface area (Å²) in [5.41, 5.74) is 1.42. The van der Waals surface area contributed by atoms with E-state index in [-0.39, 0.29) is 0 Å². The Balaban J connectivity index is 2.24. The van der Waals surface area contributed by atoms with E-state index in [0.29, 0.717) is 0 Å². The van der Waals surface area contributed by atoms with Gasteiger partial charge < -0.3 is 4.90 Å². The van der Waals surface area contributed by atoms with Crippen LogP contribution in [0, 0.1) is 4.71 Å². The molecule has 1 aliphatic rings. The van der Waals surface area contributed by atoms with Crippen molar-refractivity contribution in [2.45, 2.75) is 32.6 Å². The van der Waals surface area contributed by atoms with Gasteiger partial charge >= 0.3 is 0 Å². The molecule has 1 aliphatic heterocycles. The van der Waals surface area contributed by atoms with Gasteiger partial charge in [-0.3, -0.25) is 0 Å². The van der Waals surface area contributed by atoms with Crippen LogP contribution in [0.1, 0.15) is 32.6 Å². The molecule has 0 unspecified atom stereocenters. The highest BCUT2D eigenvalue weighted by atomic mass is 32.2.